The van der Waals surface area contributed by atoms with Crippen molar-refractivity contribution in [2.45, 2.75) is 19.4 Å². The maximum absolute atomic E-state index is 13.8. The van der Waals surface area contributed by atoms with Gasteiger partial charge in [0.15, 0.2) is 0 Å². The zero-order chi connectivity index (χ0) is 14.8. The lowest BCUT2D eigenvalue weighted by atomic mass is 9.94. The highest BCUT2D eigenvalue weighted by Crippen LogP contribution is 2.24. The fourth-order valence-corrected chi connectivity index (χ4v) is 2.66. The minimum absolute atomic E-state index is 0.218. The van der Waals surface area contributed by atoms with Gasteiger partial charge in [0.2, 0.25) is 5.91 Å². The Morgan fingerprint density at radius 3 is 2.90 bits per heavy atom. The summed E-state index contributed by atoms with van der Waals surface area (Å²) >= 11 is 0. The van der Waals surface area contributed by atoms with Gasteiger partial charge in [-0.05, 0) is 42.2 Å². The number of nitrogens with one attached hydrogen (secondary N) is 2. The lowest BCUT2D eigenvalue weighted by Gasteiger charge is -2.26. The first-order valence-electron chi connectivity index (χ1n) is 7.03. The van der Waals surface area contributed by atoms with E-state index in [4.69, 9.17) is 0 Å². The minimum atomic E-state index is -0.435. The molecule has 2 N–H and O–H groups in total. The van der Waals surface area contributed by atoms with Gasteiger partial charge < -0.3 is 10.6 Å². The van der Waals surface area contributed by atoms with E-state index >= 15 is 0 Å². The van der Waals surface area contributed by atoms with Crippen LogP contribution in [-0.2, 0) is 11.2 Å². The number of anilines is 1. The number of amides is 1. The van der Waals surface area contributed by atoms with Crippen LogP contribution in [0.15, 0.2) is 42.5 Å². The summed E-state index contributed by atoms with van der Waals surface area (Å²) in [5.74, 6) is -0.641. The molecule has 0 bridgehead atoms. The van der Waals surface area contributed by atoms with Gasteiger partial charge in [0.25, 0.3) is 0 Å². The van der Waals surface area contributed by atoms with E-state index in [0.29, 0.717) is 0 Å². The first-order chi connectivity index (χ1) is 10.1. The van der Waals surface area contributed by atoms with Crippen LogP contribution in [0, 0.1) is 12.7 Å². The first-order valence-corrected chi connectivity index (χ1v) is 7.03. The van der Waals surface area contributed by atoms with Gasteiger partial charge in [0.1, 0.15) is 11.9 Å². The lowest BCUT2D eigenvalue weighted by Crippen LogP contribution is -2.38. The number of hydrogen-bond donors (Lipinski definition) is 2. The van der Waals surface area contributed by atoms with E-state index in [2.05, 4.69) is 10.6 Å². The Morgan fingerprint density at radius 1 is 1.29 bits per heavy atom. The molecular weight excluding hydrogens is 267 g/mol. The van der Waals surface area contributed by atoms with Crippen LogP contribution in [-0.4, -0.2) is 12.5 Å². The molecule has 1 amide bonds. The van der Waals surface area contributed by atoms with E-state index in [0.717, 1.165) is 24.1 Å². The number of fused-ring (bicyclic) bond motifs is 1. The minimum Gasteiger partial charge on any atom is -0.322 e. The van der Waals surface area contributed by atoms with E-state index in [9.17, 15) is 9.18 Å². The molecule has 0 saturated carbocycles. The molecule has 0 radical (unpaired) electrons. The van der Waals surface area contributed by atoms with E-state index in [-0.39, 0.29) is 11.6 Å². The number of rotatable bonds is 2. The average Bonchev–Trinajstić information content (AvgIpc) is 2.49. The summed E-state index contributed by atoms with van der Waals surface area (Å²) < 4.78 is 13.8. The molecule has 0 saturated heterocycles. The third kappa shape index (κ3) is 2.81. The van der Waals surface area contributed by atoms with Crippen LogP contribution in [0.3, 0.4) is 0 Å². The second-order valence-corrected chi connectivity index (χ2v) is 5.31. The van der Waals surface area contributed by atoms with Crippen molar-refractivity contribution in [3.63, 3.8) is 0 Å². The Balaban J connectivity index is 1.83. The van der Waals surface area contributed by atoms with Crippen molar-refractivity contribution >= 4 is 11.6 Å². The smallest absolute Gasteiger partial charge is 0.246 e. The summed E-state index contributed by atoms with van der Waals surface area (Å²) in [6.45, 7) is 2.55. The predicted molar refractivity (Wildman–Crippen MR) is 80.7 cm³/mol. The fraction of sp³-hybridized carbons (Fsp3) is 0.235. The topological polar surface area (TPSA) is 41.1 Å². The van der Waals surface area contributed by atoms with E-state index in [1.54, 1.807) is 12.1 Å². The van der Waals surface area contributed by atoms with Crippen LogP contribution < -0.4 is 10.6 Å². The highest BCUT2D eigenvalue weighted by molar-refractivity contribution is 5.96. The standard InChI is InChI=1S/C17H17FN2O/c1-11-6-7-15(14(18)10-11)20-17(21)16-13-5-3-2-4-12(13)8-9-19-16/h2-7,10,16,19H,8-9H2,1H3,(H,20,21). The van der Waals surface area contributed by atoms with Crippen molar-refractivity contribution in [1.29, 1.82) is 0 Å². The van der Waals surface area contributed by atoms with Crippen molar-refractivity contribution in [2.75, 3.05) is 11.9 Å². The summed E-state index contributed by atoms with van der Waals surface area (Å²) in [6, 6.07) is 12.2. The van der Waals surface area contributed by atoms with E-state index in [1.807, 2.05) is 31.2 Å². The Bertz CT molecular complexity index is 684. The quantitative estimate of drug-likeness (QED) is 0.890. The zero-order valence-corrected chi connectivity index (χ0v) is 11.8. The molecule has 1 aliphatic heterocycles. The average molecular weight is 284 g/mol. The molecule has 0 aliphatic carbocycles. The maximum Gasteiger partial charge on any atom is 0.246 e. The number of hydrogen-bond acceptors (Lipinski definition) is 2. The van der Waals surface area contributed by atoms with Crippen LogP contribution in [0.2, 0.25) is 0 Å². The third-order valence-electron chi connectivity index (χ3n) is 3.75. The van der Waals surface area contributed by atoms with Crippen molar-refractivity contribution in [1.82, 2.24) is 5.32 Å². The van der Waals surface area contributed by atoms with Crippen molar-refractivity contribution < 1.29 is 9.18 Å². The summed E-state index contributed by atoms with van der Waals surface area (Å²) in [5.41, 5.74) is 3.18. The second kappa shape index (κ2) is 5.66. The van der Waals surface area contributed by atoms with Crippen molar-refractivity contribution in [2.24, 2.45) is 0 Å². The van der Waals surface area contributed by atoms with Crippen LogP contribution in [0.5, 0.6) is 0 Å². The van der Waals surface area contributed by atoms with Crippen LogP contribution in [0.1, 0.15) is 22.7 Å². The molecule has 1 atom stereocenters. The third-order valence-corrected chi connectivity index (χ3v) is 3.75. The van der Waals surface area contributed by atoms with Gasteiger partial charge in [-0.15, -0.1) is 0 Å². The van der Waals surface area contributed by atoms with E-state index in [1.165, 1.54) is 11.6 Å². The summed E-state index contributed by atoms with van der Waals surface area (Å²) in [5, 5.41) is 5.86. The normalized spacial score (nSPS) is 17.1. The summed E-state index contributed by atoms with van der Waals surface area (Å²) in [7, 11) is 0. The monoisotopic (exact) mass is 284 g/mol. The Labute approximate surface area is 123 Å². The maximum atomic E-state index is 13.8. The van der Waals surface area contributed by atoms with Gasteiger partial charge in [-0.3, -0.25) is 4.79 Å². The molecular formula is C17H17FN2O. The molecule has 108 valence electrons. The Kier molecular flexibility index (Phi) is 3.71. The first kappa shape index (κ1) is 13.8. The Morgan fingerprint density at radius 2 is 2.10 bits per heavy atom. The highest BCUT2D eigenvalue weighted by Gasteiger charge is 2.26. The van der Waals surface area contributed by atoms with Gasteiger partial charge in [-0.2, -0.15) is 0 Å². The molecule has 0 aromatic heterocycles. The number of benzene rings is 2. The van der Waals surface area contributed by atoms with Crippen molar-refractivity contribution in [3.05, 3.63) is 65.0 Å². The molecule has 2 aromatic carbocycles. The van der Waals surface area contributed by atoms with Gasteiger partial charge in [0, 0.05) is 6.54 Å². The number of carbonyl (C=O) groups is 1. The molecule has 1 aliphatic rings. The van der Waals surface area contributed by atoms with Crippen LogP contribution in [0.25, 0.3) is 0 Å². The lowest BCUT2D eigenvalue weighted by molar-refractivity contribution is -0.118. The molecule has 2 aromatic rings. The number of aryl methyl sites for hydroxylation is 1. The van der Waals surface area contributed by atoms with Gasteiger partial charge >= 0.3 is 0 Å². The molecule has 1 heterocycles. The van der Waals surface area contributed by atoms with Crippen LogP contribution in [0.4, 0.5) is 10.1 Å². The number of halogens is 1. The summed E-state index contributed by atoms with van der Waals surface area (Å²) in [6.07, 6.45) is 0.902. The second-order valence-electron chi connectivity index (χ2n) is 5.31. The molecule has 3 nitrogen and oxygen atoms in total. The molecule has 4 heteroatoms. The van der Waals surface area contributed by atoms with Crippen LogP contribution >= 0.6 is 0 Å². The largest absolute Gasteiger partial charge is 0.322 e. The molecule has 21 heavy (non-hydrogen) atoms. The van der Waals surface area contributed by atoms with Gasteiger partial charge in [-0.1, -0.05) is 30.3 Å². The van der Waals surface area contributed by atoms with Crippen molar-refractivity contribution in [3.8, 4) is 0 Å². The van der Waals surface area contributed by atoms with Gasteiger partial charge in [0.05, 0.1) is 5.69 Å². The fourth-order valence-electron chi connectivity index (χ4n) is 2.66. The molecule has 0 spiro atoms. The SMILES string of the molecule is Cc1ccc(NC(=O)C2NCCc3ccccc32)c(F)c1. The van der Waals surface area contributed by atoms with Gasteiger partial charge in [-0.25, -0.2) is 4.39 Å². The van der Waals surface area contributed by atoms with E-state index < -0.39 is 11.9 Å². The zero-order valence-electron chi connectivity index (χ0n) is 11.8. The Hall–Kier alpha value is -2.20. The molecule has 0 fully saturated rings. The number of carbonyl (C=O) groups excluding carboxylic acids is 1. The highest BCUT2D eigenvalue weighted by atomic mass is 19.1. The molecule has 3 rings (SSSR count). The predicted octanol–water partition coefficient (Wildman–Crippen LogP) is 2.96. The summed E-state index contributed by atoms with van der Waals surface area (Å²) in [4.78, 5) is 12.4. The molecule has 1 unspecified atom stereocenters.